The molecule has 1 amide bonds. The molecule has 0 bridgehead atoms. The number of amides is 1. The van der Waals surface area contributed by atoms with Crippen LogP contribution in [0.3, 0.4) is 0 Å². The number of rotatable bonds is 8. The standard InChI is InChI=1S/C26H26F2N6O3/c1-33-14-19-9-18(13-30-22(19)32-33)16-2-4-17(5-3-16)20-10-26(20)6-7-34(24(26)37)21(23(35)36)8-15(11-29)12-31-25(27)28/h2-5,9,11-14,20-21,25H,6-8,10,29H2,1H3,(H,35,36)/b15-11-,31-12+/t20-,21-,26+/m1/s1. The van der Waals surface area contributed by atoms with Crippen LogP contribution in [0.2, 0.25) is 0 Å². The Balaban J connectivity index is 1.30. The van der Waals surface area contributed by atoms with Crippen molar-refractivity contribution in [3.8, 4) is 11.1 Å². The first-order chi connectivity index (χ1) is 17.7. The summed E-state index contributed by atoms with van der Waals surface area (Å²) in [7, 11) is 1.85. The SMILES string of the molecule is Cn1cc2cc(-c3ccc([C@H]4C[C@@]45CCN([C@H](CC(=C/N)/C=N/C(F)F)C(=O)O)C5=O)cc3)cnc2n1. The predicted molar refractivity (Wildman–Crippen MR) is 133 cm³/mol. The first kappa shape index (κ1) is 24.5. The van der Waals surface area contributed by atoms with Gasteiger partial charge in [0.05, 0.1) is 5.41 Å². The number of carbonyl (C=O) groups excluding carboxylic acids is 1. The summed E-state index contributed by atoms with van der Waals surface area (Å²) in [5.74, 6) is -1.43. The number of carboxylic acid groups (broad SMARTS) is 1. The first-order valence-electron chi connectivity index (χ1n) is 11.9. The molecule has 9 nitrogen and oxygen atoms in total. The van der Waals surface area contributed by atoms with Gasteiger partial charge >= 0.3 is 12.5 Å². The maximum absolute atomic E-state index is 13.4. The number of carboxylic acids is 1. The van der Waals surface area contributed by atoms with Crippen molar-refractivity contribution >= 4 is 29.1 Å². The van der Waals surface area contributed by atoms with Crippen molar-refractivity contribution < 1.29 is 23.5 Å². The summed E-state index contributed by atoms with van der Waals surface area (Å²) in [6.07, 6.45) is 6.58. The van der Waals surface area contributed by atoms with Crippen LogP contribution in [0, 0.1) is 5.41 Å². The number of pyridine rings is 1. The fourth-order valence-corrected chi connectivity index (χ4v) is 5.34. The van der Waals surface area contributed by atoms with Gasteiger partial charge in [-0.1, -0.05) is 24.3 Å². The second-order valence-corrected chi connectivity index (χ2v) is 9.58. The minimum absolute atomic E-state index is 0.00246. The molecule has 1 saturated heterocycles. The number of halogens is 2. The van der Waals surface area contributed by atoms with Gasteiger partial charge in [0.2, 0.25) is 5.91 Å². The number of aromatic nitrogens is 3. The molecular weight excluding hydrogens is 482 g/mol. The normalized spacial score (nSPS) is 22.6. The van der Waals surface area contributed by atoms with Gasteiger partial charge in [-0.25, -0.2) is 14.8 Å². The van der Waals surface area contributed by atoms with Crippen molar-refractivity contribution in [2.45, 2.75) is 37.8 Å². The summed E-state index contributed by atoms with van der Waals surface area (Å²) in [5.41, 5.74) is 8.64. The molecule has 3 aromatic rings. The Morgan fingerprint density at radius 1 is 1.32 bits per heavy atom. The lowest BCUT2D eigenvalue weighted by Crippen LogP contribution is -2.43. The molecular formula is C26H26F2N6O3. The van der Waals surface area contributed by atoms with E-state index >= 15 is 0 Å². The molecule has 1 saturated carbocycles. The number of fused-ring (bicyclic) bond motifs is 1. The first-order valence-corrected chi connectivity index (χ1v) is 11.9. The quantitative estimate of drug-likeness (QED) is 0.355. The van der Waals surface area contributed by atoms with Crippen molar-refractivity contribution in [2.75, 3.05) is 6.54 Å². The number of aliphatic imine (C=N–C) groups is 1. The molecule has 3 atom stereocenters. The largest absolute Gasteiger partial charge is 0.480 e. The van der Waals surface area contributed by atoms with Gasteiger partial charge in [0.15, 0.2) is 5.65 Å². The van der Waals surface area contributed by atoms with Crippen molar-refractivity contribution in [2.24, 2.45) is 23.2 Å². The fourth-order valence-electron chi connectivity index (χ4n) is 5.34. The lowest BCUT2D eigenvalue weighted by Gasteiger charge is -2.25. The molecule has 3 N–H and O–H groups in total. The average Bonchev–Trinajstić information content (AvgIpc) is 3.36. The number of aryl methyl sites for hydroxylation is 1. The molecule has 11 heteroatoms. The van der Waals surface area contributed by atoms with Gasteiger partial charge in [0, 0.05) is 49.6 Å². The van der Waals surface area contributed by atoms with E-state index in [1.165, 1.54) is 4.90 Å². The zero-order valence-electron chi connectivity index (χ0n) is 20.1. The number of alkyl halides is 2. The van der Waals surface area contributed by atoms with Crippen LogP contribution in [-0.4, -0.2) is 62.0 Å². The summed E-state index contributed by atoms with van der Waals surface area (Å²) >= 11 is 0. The molecule has 2 fully saturated rings. The van der Waals surface area contributed by atoms with Gasteiger partial charge < -0.3 is 15.7 Å². The van der Waals surface area contributed by atoms with Gasteiger partial charge in [-0.05, 0) is 47.7 Å². The Hall–Kier alpha value is -4.15. The van der Waals surface area contributed by atoms with Crippen LogP contribution in [0.5, 0.6) is 0 Å². The number of hydrogen-bond donors (Lipinski definition) is 2. The number of likely N-dealkylation sites (tertiary alicyclic amines) is 1. The summed E-state index contributed by atoms with van der Waals surface area (Å²) in [4.78, 5) is 34.1. The van der Waals surface area contributed by atoms with Crippen LogP contribution < -0.4 is 5.73 Å². The molecule has 0 unspecified atom stereocenters. The molecule has 0 radical (unpaired) electrons. The van der Waals surface area contributed by atoms with Crippen LogP contribution in [-0.2, 0) is 16.6 Å². The number of aliphatic carboxylic acids is 1. The number of hydrogen-bond acceptors (Lipinski definition) is 6. The van der Waals surface area contributed by atoms with Crippen molar-refractivity contribution in [3.05, 3.63) is 60.1 Å². The monoisotopic (exact) mass is 508 g/mol. The number of benzene rings is 1. The van der Waals surface area contributed by atoms with E-state index < -0.39 is 24.0 Å². The Kier molecular flexibility index (Phi) is 6.22. The third-order valence-corrected chi connectivity index (χ3v) is 7.34. The van der Waals surface area contributed by atoms with E-state index in [0.717, 1.165) is 34.5 Å². The number of nitrogens with zero attached hydrogens (tertiary/aromatic N) is 5. The predicted octanol–water partition coefficient (Wildman–Crippen LogP) is 3.32. The minimum atomic E-state index is -2.93. The maximum Gasteiger partial charge on any atom is 0.331 e. The van der Waals surface area contributed by atoms with E-state index in [2.05, 4.69) is 15.1 Å². The highest BCUT2D eigenvalue weighted by atomic mass is 19.3. The van der Waals surface area contributed by atoms with Gasteiger partial charge in [-0.15, -0.1) is 0 Å². The maximum atomic E-state index is 13.4. The lowest BCUT2D eigenvalue weighted by atomic mass is 9.96. The second-order valence-electron chi connectivity index (χ2n) is 9.58. The summed E-state index contributed by atoms with van der Waals surface area (Å²) in [5, 5.41) is 15.0. The molecule has 1 aliphatic carbocycles. The Labute approximate surface area is 211 Å². The molecule has 37 heavy (non-hydrogen) atoms. The van der Waals surface area contributed by atoms with Crippen molar-refractivity contribution in [1.82, 2.24) is 19.7 Å². The molecule has 3 heterocycles. The van der Waals surface area contributed by atoms with Crippen LogP contribution >= 0.6 is 0 Å². The van der Waals surface area contributed by atoms with E-state index in [4.69, 9.17) is 5.73 Å². The highest BCUT2D eigenvalue weighted by Gasteiger charge is 2.65. The van der Waals surface area contributed by atoms with Crippen LogP contribution in [0.1, 0.15) is 30.7 Å². The van der Waals surface area contributed by atoms with Gasteiger partial charge in [0.25, 0.3) is 0 Å². The molecule has 2 aromatic heterocycles. The molecule has 5 rings (SSSR count). The van der Waals surface area contributed by atoms with E-state index in [1.807, 2.05) is 43.6 Å². The van der Waals surface area contributed by atoms with E-state index in [9.17, 15) is 23.5 Å². The number of carbonyl (C=O) groups is 2. The lowest BCUT2D eigenvalue weighted by molar-refractivity contribution is -0.149. The Bertz CT molecular complexity index is 1420. The molecule has 1 aliphatic heterocycles. The molecule has 1 spiro atoms. The van der Waals surface area contributed by atoms with E-state index in [0.29, 0.717) is 18.5 Å². The third-order valence-electron chi connectivity index (χ3n) is 7.34. The topological polar surface area (TPSA) is 127 Å². The van der Waals surface area contributed by atoms with Crippen LogP contribution in [0.15, 0.2) is 59.5 Å². The smallest absolute Gasteiger partial charge is 0.331 e. The van der Waals surface area contributed by atoms with Crippen LogP contribution in [0.4, 0.5) is 8.78 Å². The summed E-state index contributed by atoms with van der Waals surface area (Å²) in [6, 6.07) is 8.83. The molecule has 1 aromatic carbocycles. The zero-order chi connectivity index (χ0) is 26.3. The minimum Gasteiger partial charge on any atom is -0.480 e. The fraction of sp³-hybridized carbons (Fsp3) is 0.346. The van der Waals surface area contributed by atoms with Gasteiger partial charge in [-0.2, -0.15) is 13.9 Å². The Morgan fingerprint density at radius 3 is 2.76 bits per heavy atom. The third kappa shape index (κ3) is 4.56. The highest BCUT2D eigenvalue weighted by molar-refractivity contribution is 5.93. The molecule has 192 valence electrons. The van der Waals surface area contributed by atoms with Crippen molar-refractivity contribution in [3.63, 3.8) is 0 Å². The summed E-state index contributed by atoms with van der Waals surface area (Å²) < 4.78 is 26.6. The van der Waals surface area contributed by atoms with Gasteiger partial charge in [0.1, 0.15) is 6.04 Å². The zero-order valence-corrected chi connectivity index (χ0v) is 20.1. The average molecular weight is 509 g/mol. The van der Waals surface area contributed by atoms with Crippen molar-refractivity contribution in [1.29, 1.82) is 0 Å². The number of nitrogens with two attached hydrogens (primary N) is 1. The Morgan fingerprint density at radius 2 is 2.08 bits per heavy atom. The van der Waals surface area contributed by atoms with Crippen LogP contribution in [0.25, 0.3) is 22.2 Å². The van der Waals surface area contributed by atoms with Gasteiger partial charge in [-0.3, -0.25) is 9.48 Å². The van der Waals surface area contributed by atoms with E-state index in [-0.39, 0.29) is 30.4 Å². The van der Waals surface area contributed by atoms with E-state index in [1.54, 1.807) is 10.9 Å². The molecule has 2 aliphatic rings. The highest BCUT2D eigenvalue weighted by Crippen LogP contribution is 2.65. The second kappa shape index (κ2) is 9.38. The summed E-state index contributed by atoms with van der Waals surface area (Å²) in [6.45, 7) is -2.64.